The fourth-order valence-electron chi connectivity index (χ4n) is 3.45. The average Bonchev–Trinajstić information content (AvgIpc) is 2.87. The van der Waals surface area contributed by atoms with Crippen LogP contribution in [0.1, 0.15) is 56.8 Å². The van der Waals surface area contributed by atoms with E-state index in [0.29, 0.717) is 23.7 Å². The number of benzene rings is 1. The average molecular weight is 470 g/mol. The Morgan fingerprint density at radius 2 is 1.77 bits per heavy atom. The van der Waals surface area contributed by atoms with Gasteiger partial charge >= 0.3 is 0 Å². The van der Waals surface area contributed by atoms with Gasteiger partial charge in [0.15, 0.2) is 0 Å². The zero-order valence-corrected chi connectivity index (χ0v) is 19.2. The van der Waals surface area contributed by atoms with Crippen molar-refractivity contribution in [2.75, 3.05) is 18.4 Å². The molecule has 3 N–H and O–H groups in total. The van der Waals surface area contributed by atoms with Gasteiger partial charge in [-0.25, -0.2) is 8.42 Å². The van der Waals surface area contributed by atoms with Crippen molar-refractivity contribution < 1.29 is 18.0 Å². The third kappa shape index (κ3) is 4.54. The van der Waals surface area contributed by atoms with Crippen molar-refractivity contribution in [1.29, 1.82) is 0 Å². The topological polar surface area (TPSA) is 110 Å². The summed E-state index contributed by atoms with van der Waals surface area (Å²) in [5.74, 6) is -1.17. The van der Waals surface area contributed by atoms with Crippen molar-refractivity contribution in [3.05, 3.63) is 44.8 Å². The number of nitrogens with one attached hydrogen (secondary N) is 1. The predicted molar refractivity (Wildman–Crippen MR) is 119 cm³/mol. The Labute approximate surface area is 185 Å². The van der Waals surface area contributed by atoms with E-state index < -0.39 is 21.8 Å². The number of amides is 2. The molecular formula is C20H24ClN3O4S2. The Balaban J connectivity index is 1.92. The summed E-state index contributed by atoms with van der Waals surface area (Å²) in [6.45, 7) is 4.46. The molecule has 2 aromatic rings. The smallest absolute Gasteiger partial charge is 0.256 e. The highest BCUT2D eigenvalue weighted by atomic mass is 35.5. The Kier molecular flexibility index (Phi) is 6.86. The van der Waals surface area contributed by atoms with Crippen molar-refractivity contribution in [2.24, 2.45) is 5.73 Å². The van der Waals surface area contributed by atoms with E-state index in [0.717, 1.165) is 30.6 Å². The van der Waals surface area contributed by atoms with Crippen LogP contribution >= 0.6 is 22.9 Å². The van der Waals surface area contributed by atoms with Crippen molar-refractivity contribution >= 4 is 49.8 Å². The number of primary amides is 1. The van der Waals surface area contributed by atoms with Crippen LogP contribution in [0.4, 0.5) is 5.00 Å². The summed E-state index contributed by atoms with van der Waals surface area (Å²) in [6.07, 6.45) is 3.57. The van der Waals surface area contributed by atoms with Crippen molar-refractivity contribution in [2.45, 2.75) is 44.4 Å². The first-order valence-corrected chi connectivity index (χ1v) is 12.3. The van der Waals surface area contributed by atoms with Crippen molar-refractivity contribution in [3.63, 3.8) is 0 Å². The van der Waals surface area contributed by atoms with Gasteiger partial charge < -0.3 is 11.1 Å². The number of rotatable bonds is 5. The minimum absolute atomic E-state index is 0.0661. The van der Waals surface area contributed by atoms with Gasteiger partial charge in [-0.2, -0.15) is 4.31 Å². The molecule has 0 radical (unpaired) electrons. The number of sulfonamides is 1. The van der Waals surface area contributed by atoms with Gasteiger partial charge in [-0.15, -0.1) is 11.3 Å². The first-order valence-electron chi connectivity index (χ1n) is 9.63. The predicted octanol–water partition coefficient (Wildman–Crippen LogP) is 3.93. The molecule has 30 heavy (non-hydrogen) atoms. The molecule has 1 aliphatic heterocycles. The molecule has 7 nitrogen and oxygen atoms in total. The molecule has 162 valence electrons. The molecule has 1 saturated heterocycles. The van der Waals surface area contributed by atoms with Crippen LogP contribution in [0, 0.1) is 13.8 Å². The molecular weight excluding hydrogens is 446 g/mol. The van der Waals surface area contributed by atoms with E-state index in [-0.39, 0.29) is 21.0 Å². The molecule has 0 atom stereocenters. The largest absolute Gasteiger partial charge is 0.365 e. The van der Waals surface area contributed by atoms with Gasteiger partial charge in [-0.05, 0) is 50.5 Å². The molecule has 0 unspecified atom stereocenters. The summed E-state index contributed by atoms with van der Waals surface area (Å²) in [5, 5.41) is 3.09. The number of hydrogen-bond acceptors (Lipinski definition) is 5. The molecule has 0 aliphatic carbocycles. The molecule has 1 aromatic heterocycles. The third-order valence-electron chi connectivity index (χ3n) is 5.24. The lowest BCUT2D eigenvalue weighted by molar-refractivity contribution is 0.100. The van der Waals surface area contributed by atoms with Gasteiger partial charge in [-0.3, -0.25) is 9.59 Å². The third-order valence-corrected chi connectivity index (χ3v) is 8.74. The summed E-state index contributed by atoms with van der Waals surface area (Å²) in [4.78, 5) is 25.4. The summed E-state index contributed by atoms with van der Waals surface area (Å²) >= 11 is 7.44. The van der Waals surface area contributed by atoms with E-state index in [9.17, 15) is 18.0 Å². The van der Waals surface area contributed by atoms with Gasteiger partial charge in [0.2, 0.25) is 10.0 Å². The molecule has 1 aromatic carbocycles. The van der Waals surface area contributed by atoms with E-state index >= 15 is 0 Å². The van der Waals surface area contributed by atoms with Crippen LogP contribution in [-0.4, -0.2) is 37.6 Å². The molecule has 0 saturated carbocycles. The SMILES string of the molecule is Cc1sc(NC(=O)c2ccc(Cl)c(S(=O)(=O)N3CCCCCC3)c2)c(C(N)=O)c1C. The lowest BCUT2D eigenvalue weighted by Crippen LogP contribution is -2.32. The van der Waals surface area contributed by atoms with E-state index in [1.165, 1.54) is 33.8 Å². The van der Waals surface area contributed by atoms with E-state index in [4.69, 9.17) is 17.3 Å². The Morgan fingerprint density at radius 1 is 1.13 bits per heavy atom. The van der Waals surface area contributed by atoms with Crippen LogP contribution in [0.5, 0.6) is 0 Å². The zero-order valence-electron chi connectivity index (χ0n) is 16.8. The lowest BCUT2D eigenvalue weighted by Gasteiger charge is -2.21. The van der Waals surface area contributed by atoms with Crippen LogP contribution in [0.3, 0.4) is 0 Å². The molecule has 2 amide bonds. The quantitative estimate of drug-likeness (QED) is 0.691. The minimum Gasteiger partial charge on any atom is -0.365 e. The van der Waals surface area contributed by atoms with E-state index in [1.807, 2.05) is 6.92 Å². The monoisotopic (exact) mass is 469 g/mol. The van der Waals surface area contributed by atoms with Crippen molar-refractivity contribution in [1.82, 2.24) is 4.31 Å². The number of carbonyl (C=O) groups excluding carboxylic acids is 2. The summed E-state index contributed by atoms with van der Waals surface area (Å²) in [5.41, 5.74) is 6.56. The van der Waals surface area contributed by atoms with Crippen LogP contribution in [0.2, 0.25) is 5.02 Å². The highest BCUT2D eigenvalue weighted by Crippen LogP contribution is 2.33. The van der Waals surface area contributed by atoms with Gasteiger partial charge in [-0.1, -0.05) is 24.4 Å². The lowest BCUT2D eigenvalue weighted by atomic mass is 10.1. The number of nitrogens with two attached hydrogens (primary N) is 1. The van der Waals surface area contributed by atoms with Crippen LogP contribution < -0.4 is 11.1 Å². The van der Waals surface area contributed by atoms with Crippen LogP contribution in [0.25, 0.3) is 0 Å². The second-order valence-corrected chi connectivity index (χ2v) is 10.8. The second-order valence-electron chi connectivity index (χ2n) is 7.27. The Morgan fingerprint density at radius 3 is 2.37 bits per heavy atom. The number of hydrogen-bond donors (Lipinski definition) is 2. The molecule has 3 rings (SSSR count). The Bertz CT molecular complexity index is 1090. The van der Waals surface area contributed by atoms with E-state index in [1.54, 1.807) is 6.92 Å². The number of thiophene rings is 1. The fourth-order valence-corrected chi connectivity index (χ4v) is 6.53. The maximum Gasteiger partial charge on any atom is 0.256 e. The van der Waals surface area contributed by atoms with E-state index in [2.05, 4.69) is 5.32 Å². The van der Waals surface area contributed by atoms with Crippen LogP contribution in [0.15, 0.2) is 23.1 Å². The highest BCUT2D eigenvalue weighted by Gasteiger charge is 2.28. The molecule has 1 fully saturated rings. The second kappa shape index (κ2) is 9.05. The van der Waals surface area contributed by atoms with Gasteiger partial charge in [0, 0.05) is 23.5 Å². The summed E-state index contributed by atoms with van der Waals surface area (Å²) in [7, 11) is -3.82. The molecule has 1 aliphatic rings. The maximum atomic E-state index is 13.1. The number of nitrogens with zero attached hydrogens (tertiary/aromatic N) is 1. The standard InChI is InChI=1S/C20H24ClN3O4S2/c1-12-13(2)29-20(17(12)18(22)25)23-19(26)14-7-8-15(21)16(11-14)30(27,28)24-9-5-3-4-6-10-24/h7-8,11H,3-6,9-10H2,1-2H3,(H2,22,25)(H,23,26). The van der Waals surface area contributed by atoms with Gasteiger partial charge in [0.05, 0.1) is 10.6 Å². The van der Waals surface area contributed by atoms with Gasteiger partial charge in [0.1, 0.15) is 9.90 Å². The van der Waals surface area contributed by atoms with Crippen molar-refractivity contribution in [3.8, 4) is 0 Å². The Hall–Kier alpha value is -1.94. The summed E-state index contributed by atoms with van der Waals surface area (Å²) < 4.78 is 27.7. The number of anilines is 1. The molecule has 10 heteroatoms. The van der Waals surface area contributed by atoms with Gasteiger partial charge in [0.25, 0.3) is 11.8 Å². The normalized spacial score (nSPS) is 15.6. The number of halogens is 1. The molecule has 0 spiro atoms. The first kappa shape index (κ1) is 22.7. The molecule has 2 heterocycles. The summed E-state index contributed by atoms with van der Waals surface area (Å²) in [6, 6.07) is 4.15. The number of aryl methyl sites for hydroxylation is 1. The molecule has 0 bridgehead atoms. The minimum atomic E-state index is -3.82. The van der Waals surface area contributed by atoms with Crippen LogP contribution in [-0.2, 0) is 10.0 Å². The highest BCUT2D eigenvalue weighted by molar-refractivity contribution is 7.89. The first-order chi connectivity index (χ1) is 14.1. The number of carbonyl (C=O) groups is 2. The maximum absolute atomic E-state index is 13.1. The fraction of sp³-hybridized carbons (Fsp3) is 0.400. The zero-order chi connectivity index (χ0) is 22.1.